The first-order chi connectivity index (χ1) is 9.95. The van der Waals surface area contributed by atoms with E-state index in [0.717, 1.165) is 55.7 Å². The molecular weight excluding hydrogens is 283 g/mol. The van der Waals surface area contributed by atoms with Crippen LogP contribution in [0.15, 0.2) is 0 Å². The number of β-amino-alcohol motifs (C(OH)–C–C–N with tert-alkyl or cyclic N) is 1. The Bertz CT molecular complexity index is 477. The highest BCUT2D eigenvalue weighted by molar-refractivity contribution is 5.19. The first-order valence-corrected chi connectivity index (χ1v) is 7.51. The molecule has 0 saturated carbocycles. The topological polar surface area (TPSA) is 52.1 Å². The lowest BCUT2D eigenvalue weighted by atomic mass is 10.0. The fraction of sp³-hybridized carbons (Fsp3) is 0.786. The molecule has 2 N–H and O–H groups in total. The Morgan fingerprint density at radius 1 is 1.29 bits per heavy atom. The van der Waals surface area contributed by atoms with Gasteiger partial charge in [-0.1, -0.05) is 0 Å². The molecule has 0 radical (unpaired) electrons. The van der Waals surface area contributed by atoms with E-state index in [2.05, 4.69) is 9.97 Å². The number of aliphatic hydroxyl groups is 1. The molecule has 118 valence electrons. The summed E-state index contributed by atoms with van der Waals surface area (Å²) in [6.45, 7) is 0.197. The monoisotopic (exact) mass is 303 g/mol. The van der Waals surface area contributed by atoms with Crippen LogP contribution in [0.25, 0.3) is 0 Å². The zero-order valence-corrected chi connectivity index (χ0v) is 11.8. The van der Waals surface area contributed by atoms with Crippen molar-refractivity contribution in [2.24, 2.45) is 0 Å². The number of aromatic amines is 1. The minimum absolute atomic E-state index is 0.132. The normalized spacial score (nSPS) is 25.0. The lowest BCUT2D eigenvalue weighted by Gasteiger charge is -2.26. The van der Waals surface area contributed by atoms with Crippen LogP contribution in [0.5, 0.6) is 0 Å². The zero-order chi connectivity index (χ0) is 15.0. The van der Waals surface area contributed by atoms with Gasteiger partial charge in [-0.3, -0.25) is 4.90 Å². The number of imidazole rings is 1. The molecule has 21 heavy (non-hydrogen) atoms. The Hall–Kier alpha value is -1.08. The van der Waals surface area contributed by atoms with E-state index in [-0.39, 0.29) is 12.6 Å². The third-order valence-electron chi connectivity index (χ3n) is 4.44. The molecule has 0 unspecified atom stereocenters. The summed E-state index contributed by atoms with van der Waals surface area (Å²) in [4.78, 5) is 9.59. The second-order valence-corrected chi connectivity index (χ2v) is 5.96. The summed E-state index contributed by atoms with van der Waals surface area (Å²) in [7, 11) is 0. The number of aliphatic hydroxyl groups excluding tert-OH is 1. The average molecular weight is 303 g/mol. The highest BCUT2D eigenvalue weighted by Crippen LogP contribution is 2.33. The van der Waals surface area contributed by atoms with Gasteiger partial charge in [0.15, 0.2) is 6.10 Å². The molecular formula is C14H20F3N3O. The molecule has 0 aromatic carbocycles. The maximum atomic E-state index is 12.5. The Labute approximate surface area is 121 Å². The predicted molar refractivity (Wildman–Crippen MR) is 70.8 cm³/mol. The highest BCUT2D eigenvalue weighted by Gasteiger charge is 2.41. The molecule has 1 aromatic heterocycles. The van der Waals surface area contributed by atoms with Gasteiger partial charge in [-0.15, -0.1) is 0 Å². The second-order valence-electron chi connectivity index (χ2n) is 5.96. The first-order valence-electron chi connectivity index (χ1n) is 7.51. The largest absolute Gasteiger partial charge is 0.415 e. The SMILES string of the molecule is O[C@H](CN1CCC[C@H]1c1nc2c([nH]1)CCCC2)C(F)(F)F. The second kappa shape index (κ2) is 5.61. The number of alkyl halides is 3. The third-order valence-corrected chi connectivity index (χ3v) is 4.44. The van der Waals surface area contributed by atoms with Gasteiger partial charge >= 0.3 is 6.18 Å². The maximum absolute atomic E-state index is 12.5. The van der Waals surface area contributed by atoms with Gasteiger partial charge in [0.1, 0.15) is 5.82 Å². The molecule has 1 aromatic rings. The standard InChI is InChI=1S/C14H20F3N3O/c15-14(16,17)12(21)8-20-7-3-6-11(20)13-18-9-4-1-2-5-10(9)19-13/h11-12,21H,1-8H2,(H,18,19)/t11-,12+/m0/s1. The van der Waals surface area contributed by atoms with Crippen molar-refractivity contribution < 1.29 is 18.3 Å². The van der Waals surface area contributed by atoms with Crippen LogP contribution < -0.4 is 0 Å². The van der Waals surface area contributed by atoms with Crippen molar-refractivity contribution in [1.82, 2.24) is 14.9 Å². The van der Waals surface area contributed by atoms with Gasteiger partial charge in [0.25, 0.3) is 0 Å². The number of aryl methyl sites for hydroxylation is 2. The van der Waals surface area contributed by atoms with Gasteiger partial charge in [-0.25, -0.2) is 4.98 Å². The molecule has 3 rings (SSSR count). The number of nitrogens with zero attached hydrogens (tertiary/aromatic N) is 2. The molecule has 4 nitrogen and oxygen atoms in total. The van der Waals surface area contributed by atoms with Crippen LogP contribution in [0.4, 0.5) is 13.2 Å². The smallest absolute Gasteiger partial charge is 0.382 e. The van der Waals surface area contributed by atoms with Crippen molar-refractivity contribution in [1.29, 1.82) is 0 Å². The van der Waals surface area contributed by atoms with Crippen molar-refractivity contribution >= 4 is 0 Å². The number of aromatic nitrogens is 2. The Morgan fingerprint density at radius 2 is 2.05 bits per heavy atom. The molecule has 1 saturated heterocycles. The third kappa shape index (κ3) is 3.08. The number of hydrogen-bond acceptors (Lipinski definition) is 3. The van der Waals surface area contributed by atoms with E-state index in [1.807, 2.05) is 0 Å². The quantitative estimate of drug-likeness (QED) is 0.901. The van der Waals surface area contributed by atoms with Crippen molar-refractivity contribution in [3.8, 4) is 0 Å². The van der Waals surface area contributed by atoms with Gasteiger partial charge < -0.3 is 10.1 Å². The number of H-pyrrole nitrogens is 1. The van der Waals surface area contributed by atoms with E-state index in [9.17, 15) is 18.3 Å². The first kappa shape index (κ1) is 14.8. The number of nitrogens with one attached hydrogen (secondary N) is 1. The lowest BCUT2D eigenvalue weighted by molar-refractivity contribution is -0.208. The van der Waals surface area contributed by atoms with Gasteiger partial charge in [0, 0.05) is 12.2 Å². The molecule has 1 fully saturated rings. The van der Waals surface area contributed by atoms with Gasteiger partial charge in [-0.2, -0.15) is 13.2 Å². The highest BCUT2D eigenvalue weighted by atomic mass is 19.4. The van der Waals surface area contributed by atoms with Crippen LogP contribution in [0.1, 0.15) is 48.9 Å². The van der Waals surface area contributed by atoms with Crippen LogP contribution in [0, 0.1) is 0 Å². The fourth-order valence-corrected chi connectivity index (χ4v) is 3.31. The minimum atomic E-state index is -4.56. The average Bonchev–Trinajstić information content (AvgIpc) is 3.02. The van der Waals surface area contributed by atoms with Crippen molar-refractivity contribution in [3.05, 3.63) is 17.2 Å². The molecule has 0 amide bonds. The van der Waals surface area contributed by atoms with Crippen LogP contribution >= 0.6 is 0 Å². The number of rotatable bonds is 3. The molecule has 2 heterocycles. The molecule has 0 spiro atoms. The van der Waals surface area contributed by atoms with Crippen molar-refractivity contribution in [3.63, 3.8) is 0 Å². The number of halogens is 3. The number of likely N-dealkylation sites (tertiary alicyclic amines) is 1. The molecule has 1 aliphatic carbocycles. The Kier molecular flexibility index (Phi) is 3.96. The number of fused-ring (bicyclic) bond motifs is 1. The Morgan fingerprint density at radius 3 is 2.76 bits per heavy atom. The van der Waals surface area contributed by atoms with Crippen molar-refractivity contribution in [2.75, 3.05) is 13.1 Å². The maximum Gasteiger partial charge on any atom is 0.415 e. The summed E-state index contributed by atoms with van der Waals surface area (Å²) in [5.74, 6) is 0.772. The van der Waals surface area contributed by atoms with Crippen LogP contribution in [-0.4, -0.2) is 45.3 Å². The van der Waals surface area contributed by atoms with E-state index in [1.54, 1.807) is 4.90 Å². The summed E-state index contributed by atoms with van der Waals surface area (Å²) in [6.07, 6.45) is -1.05. The summed E-state index contributed by atoms with van der Waals surface area (Å²) >= 11 is 0. The predicted octanol–water partition coefficient (Wildman–Crippen LogP) is 2.35. The number of hydrogen-bond donors (Lipinski definition) is 2. The van der Waals surface area contributed by atoms with E-state index < -0.39 is 12.3 Å². The van der Waals surface area contributed by atoms with Gasteiger partial charge in [0.2, 0.25) is 0 Å². The van der Waals surface area contributed by atoms with E-state index in [4.69, 9.17) is 0 Å². The molecule has 7 heteroatoms. The molecule has 1 aliphatic heterocycles. The van der Waals surface area contributed by atoms with E-state index in [0.29, 0.717) is 6.54 Å². The Balaban J connectivity index is 1.73. The summed E-state index contributed by atoms with van der Waals surface area (Å²) in [5.41, 5.74) is 2.21. The molecule has 2 atom stereocenters. The minimum Gasteiger partial charge on any atom is -0.382 e. The van der Waals surface area contributed by atoms with Crippen LogP contribution in [0.3, 0.4) is 0 Å². The summed E-state index contributed by atoms with van der Waals surface area (Å²) in [5, 5.41) is 9.28. The summed E-state index contributed by atoms with van der Waals surface area (Å²) < 4.78 is 37.6. The fourth-order valence-electron chi connectivity index (χ4n) is 3.31. The molecule has 2 aliphatic rings. The van der Waals surface area contributed by atoms with Crippen LogP contribution in [-0.2, 0) is 12.8 Å². The van der Waals surface area contributed by atoms with E-state index >= 15 is 0 Å². The zero-order valence-electron chi connectivity index (χ0n) is 11.8. The van der Waals surface area contributed by atoms with Gasteiger partial charge in [0.05, 0.1) is 11.7 Å². The van der Waals surface area contributed by atoms with Gasteiger partial charge in [-0.05, 0) is 45.1 Å². The molecule has 0 bridgehead atoms. The summed E-state index contributed by atoms with van der Waals surface area (Å²) in [6, 6.07) is -0.132. The lowest BCUT2D eigenvalue weighted by Crippen LogP contribution is -2.40. The van der Waals surface area contributed by atoms with Crippen LogP contribution in [0.2, 0.25) is 0 Å². The van der Waals surface area contributed by atoms with Crippen molar-refractivity contribution in [2.45, 2.75) is 56.8 Å². The van der Waals surface area contributed by atoms with E-state index in [1.165, 1.54) is 0 Å².